The summed E-state index contributed by atoms with van der Waals surface area (Å²) in [4.78, 5) is 16.4. The molecule has 1 aromatic heterocycles. The van der Waals surface area contributed by atoms with E-state index in [4.69, 9.17) is 0 Å². The molecule has 0 aliphatic rings. The summed E-state index contributed by atoms with van der Waals surface area (Å²) in [6.45, 7) is 4.79. The van der Waals surface area contributed by atoms with Gasteiger partial charge in [-0.1, -0.05) is 18.2 Å². The summed E-state index contributed by atoms with van der Waals surface area (Å²) < 4.78 is 1.99. The minimum atomic E-state index is -0.0934. The second kappa shape index (κ2) is 6.48. The molecule has 4 heteroatoms. The van der Waals surface area contributed by atoms with Gasteiger partial charge in [0.25, 0.3) is 5.91 Å². The van der Waals surface area contributed by atoms with Gasteiger partial charge in [-0.2, -0.15) is 0 Å². The highest BCUT2D eigenvalue weighted by atomic mass is 16.1. The van der Waals surface area contributed by atoms with Gasteiger partial charge in [0.2, 0.25) is 0 Å². The fraction of sp³-hybridized carbons (Fsp3) is 0.158. The van der Waals surface area contributed by atoms with Gasteiger partial charge in [-0.05, 0) is 54.8 Å². The maximum absolute atomic E-state index is 12.3. The Bertz CT molecular complexity index is 785. The first kappa shape index (κ1) is 15.0. The normalized spacial score (nSPS) is 10.5. The molecule has 0 aliphatic heterocycles. The van der Waals surface area contributed by atoms with Gasteiger partial charge in [-0.25, -0.2) is 4.98 Å². The van der Waals surface area contributed by atoms with Gasteiger partial charge in [0.05, 0.1) is 6.33 Å². The van der Waals surface area contributed by atoms with E-state index in [0.29, 0.717) is 5.56 Å². The zero-order chi connectivity index (χ0) is 16.2. The van der Waals surface area contributed by atoms with E-state index >= 15 is 0 Å². The van der Waals surface area contributed by atoms with E-state index in [1.54, 1.807) is 12.5 Å². The summed E-state index contributed by atoms with van der Waals surface area (Å²) in [5.74, 6) is -0.0934. The first-order valence-electron chi connectivity index (χ1n) is 7.54. The summed E-state index contributed by atoms with van der Waals surface area (Å²) in [7, 11) is 0. The van der Waals surface area contributed by atoms with E-state index in [9.17, 15) is 4.79 Å². The van der Waals surface area contributed by atoms with Crippen LogP contribution < -0.4 is 5.32 Å². The van der Waals surface area contributed by atoms with Crippen molar-refractivity contribution in [1.29, 1.82) is 0 Å². The van der Waals surface area contributed by atoms with Crippen molar-refractivity contribution < 1.29 is 4.79 Å². The summed E-state index contributed by atoms with van der Waals surface area (Å²) in [5.41, 5.74) is 4.88. The van der Waals surface area contributed by atoms with Crippen LogP contribution in [0.5, 0.6) is 0 Å². The van der Waals surface area contributed by atoms with Gasteiger partial charge in [-0.15, -0.1) is 0 Å². The third-order valence-electron chi connectivity index (χ3n) is 3.62. The van der Waals surface area contributed by atoms with Crippen LogP contribution in [0.3, 0.4) is 0 Å². The Labute approximate surface area is 135 Å². The molecule has 0 radical (unpaired) electrons. The van der Waals surface area contributed by atoms with Crippen LogP contribution in [0.2, 0.25) is 0 Å². The molecule has 0 bridgehead atoms. The van der Waals surface area contributed by atoms with Crippen molar-refractivity contribution in [3.05, 3.63) is 83.4 Å². The topological polar surface area (TPSA) is 46.9 Å². The highest BCUT2D eigenvalue weighted by Gasteiger charge is 2.07. The Morgan fingerprint density at radius 1 is 1.09 bits per heavy atom. The molecule has 0 saturated heterocycles. The molecule has 1 N–H and O–H groups in total. The van der Waals surface area contributed by atoms with Crippen LogP contribution in [0.15, 0.2) is 61.2 Å². The van der Waals surface area contributed by atoms with Crippen LogP contribution in [0.25, 0.3) is 0 Å². The quantitative estimate of drug-likeness (QED) is 0.797. The number of hydrogen-bond donors (Lipinski definition) is 1. The molecule has 0 spiro atoms. The second-order valence-corrected chi connectivity index (χ2v) is 5.76. The lowest BCUT2D eigenvalue weighted by Crippen LogP contribution is -2.12. The highest BCUT2D eigenvalue weighted by molar-refractivity contribution is 6.04. The van der Waals surface area contributed by atoms with Gasteiger partial charge < -0.3 is 9.88 Å². The number of imidazole rings is 1. The average Bonchev–Trinajstić information content (AvgIpc) is 3.00. The van der Waals surface area contributed by atoms with E-state index in [-0.39, 0.29) is 5.91 Å². The molecule has 0 unspecified atom stereocenters. The maximum Gasteiger partial charge on any atom is 0.255 e. The van der Waals surface area contributed by atoms with E-state index in [2.05, 4.69) is 16.4 Å². The number of benzene rings is 2. The average molecular weight is 305 g/mol. The highest BCUT2D eigenvalue weighted by Crippen LogP contribution is 2.15. The summed E-state index contributed by atoms with van der Waals surface area (Å²) >= 11 is 0. The summed E-state index contributed by atoms with van der Waals surface area (Å²) in [5, 5.41) is 2.95. The number of hydrogen-bond acceptors (Lipinski definition) is 2. The van der Waals surface area contributed by atoms with E-state index < -0.39 is 0 Å². The molecule has 3 rings (SSSR count). The van der Waals surface area contributed by atoms with Crippen LogP contribution in [-0.4, -0.2) is 15.5 Å². The molecule has 0 aliphatic carbocycles. The Kier molecular flexibility index (Phi) is 4.24. The van der Waals surface area contributed by atoms with Crippen molar-refractivity contribution >= 4 is 11.6 Å². The lowest BCUT2D eigenvalue weighted by atomic mass is 10.1. The van der Waals surface area contributed by atoms with Crippen molar-refractivity contribution in [2.45, 2.75) is 20.4 Å². The van der Waals surface area contributed by atoms with Crippen molar-refractivity contribution in [2.24, 2.45) is 0 Å². The summed E-state index contributed by atoms with van der Waals surface area (Å²) in [6, 6.07) is 13.7. The predicted molar refractivity (Wildman–Crippen MR) is 91.6 cm³/mol. The van der Waals surface area contributed by atoms with Crippen LogP contribution in [0, 0.1) is 13.8 Å². The number of anilines is 1. The molecule has 4 nitrogen and oxygen atoms in total. The van der Waals surface area contributed by atoms with Gasteiger partial charge in [0.15, 0.2) is 0 Å². The Morgan fingerprint density at radius 3 is 2.39 bits per heavy atom. The van der Waals surface area contributed by atoms with Crippen molar-refractivity contribution in [3.63, 3.8) is 0 Å². The summed E-state index contributed by atoms with van der Waals surface area (Å²) in [6.07, 6.45) is 5.45. The van der Waals surface area contributed by atoms with Gasteiger partial charge >= 0.3 is 0 Å². The van der Waals surface area contributed by atoms with Crippen LogP contribution in [0.1, 0.15) is 27.0 Å². The SMILES string of the molecule is Cc1cc(C)cc(NC(=O)c2ccc(Cn3ccnc3)cc2)c1. The first-order chi connectivity index (χ1) is 11.1. The zero-order valence-corrected chi connectivity index (χ0v) is 13.3. The van der Waals surface area contributed by atoms with Crippen LogP contribution >= 0.6 is 0 Å². The van der Waals surface area contributed by atoms with Crippen molar-refractivity contribution in [3.8, 4) is 0 Å². The molecule has 23 heavy (non-hydrogen) atoms. The number of aryl methyl sites for hydroxylation is 2. The molecular formula is C19H19N3O. The third-order valence-corrected chi connectivity index (χ3v) is 3.62. The Balaban J connectivity index is 1.70. The number of carbonyl (C=O) groups is 1. The van der Waals surface area contributed by atoms with Crippen LogP contribution in [0.4, 0.5) is 5.69 Å². The van der Waals surface area contributed by atoms with Crippen molar-refractivity contribution in [2.75, 3.05) is 5.32 Å². The zero-order valence-electron chi connectivity index (χ0n) is 13.3. The lowest BCUT2D eigenvalue weighted by Gasteiger charge is -2.08. The monoisotopic (exact) mass is 305 g/mol. The molecule has 0 fully saturated rings. The molecule has 0 atom stereocenters. The fourth-order valence-corrected chi connectivity index (χ4v) is 2.60. The van der Waals surface area contributed by atoms with Gasteiger partial charge in [-0.3, -0.25) is 4.79 Å². The first-order valence-corrected chi connectivity index (χ1v) is 7.54. The molecule has 2 aromatic carbocycles. The predicted octanol–water partition coefficient (Wildman–Crippen LogP) is 3.80. The fourth-order valence-electron chi connectivity index (χ4n) is 2.60. The van der Waals surface area contributed by atoms with E-state index in [1.807, 2.05) is 61.0 Å². The molecular weight excluding hydrogens is 286 g/mol. The van der Waals surface area contributed by atoms with Gasteiger partial charge in [0.1, 0.15) is 0 Å². The molecule has 116 valence electrons. The minimum absolute atomic E-state index is 0.0934. The number of nitrogens with one attached hydrogen (secondary N) is 1. The largest absolute Gasteiger partial charge is 0.333 e. The second-order valence-electron chi connectivity index (χ2n) is 5.76. The van der Waals surface area contributed by atoms with Crippen LogP contribution in [-0.2, 0) is 6.54 Å². The molecule has 3 aromatic rings. The van der Waals surface area contributed by atoms with E-state index in [0.717, 1.165) is 28.9 Å². The number of rotatable bonds is 4. The number of nitrogens with zero attached hydrogens (tertiary/aromatic N) is 2. The number of aromatic nitrogens is 2. The molecule has 1 heterocycles. The lowest BCUT2D eigenvalue weighted by molar-refractivity contribution is 0.102. The third kappa shape index (κ3) is 3.86. The smallest absolute Gasteiger partial charge is 0.255 e. The standard InChI is InChI=1S/C19H19N3O/c1-14-9-15(2)11-18(10-14)21-19(23)17-5-3-16(4-6-17)12-22-8-7-20-13-22/h3-11,13H,12H2,1-2H3,(H,21,23). The van der Waals surface area contributed by atoms with Crippen molar-refractivity contribution in [1.82, 2.24) is 9.55 Å². The van der Waals surface area contributed by atoms with E-state index in [1.165, 1.54) is 0 Å². The number of amides is 1. The minimum Gasteiger partial charge on any atom is -0.333 e. The Morgan fingerprint density at radius 2 is 1.78 bits per heavy atom. The Hall–Kier alpha value is -2.88. The number of carbonyl (C=O) groups excluding carboxylic acids is 1. The van der Waals surface area contributed by atoms with Gasteiger partial charge in [0, 0.05) is 30.2 Å². The maximum atomic E-state index is 12.3. The molecule has 0 saturated carbocycles. The molecule has 1 amide bonds.